The number of para-hydroxylation sites is 1. The summed E-state index contributed by atoms with van der Waals surface area (Å²) >= 11 is 7.45. The van der Waals surface area contributed by atoms with E-state index in [0.29, 0.717) is 21.7 Å². The first-order valence-corrected chi connectivity index (χ1v) is 10.2. The Kier molecular flexibility index (Phi) is 4.46. The molecule has 140 valence electrons. The summed E-state index contributed by atoms with van der Waals surface area (Å²) in [5, 5.41) is 1.26. The lowest BCUT2D eigenvalue weighted by Crippen LogP contribution is -2.32. The molecule has 0 fully saturated rings. The summed E-state index contributed by atoms with van der Waals surface area (Å²) < 4.78 is 1.03. The molecule has 1 aromatic heterocycles. The fourth-order valence-corrected chi connectivity index (χ4v) is 4.24. The number of aliphatic imine (C=N–C) groups is 1. The zero-order valence-corrected chi connectivity index (χ0v) is 16.7. The van der Waals surface area contributed by atoms with Gasteiger partial charge in [-0.3, -0.25) is 4.79 Å². The van der Waals surface area contributed by atoms with Gasteiger partial charge in [0.2, 0.25) is 0 Å². The second-order valence-electron chi connectivity index (χ2n) is 6.49. The largest absolute Gasteiger partial charge is 0.284 e. The number of halogens is 1. The van der Waals surface area contributed by atoms with Crippen LogP contribution in [-0.2, 0) is 4.79 Å². The molecule has 6 heteroatoms. The maximum atomic E-state index is 13.3. The minimum Gasteiger partial charge on any atom is -0.266 e. The summed E-state index contributed by atoms with van der Waals surface area (Å²) in [7, 11) is 0. The quantitative estimate of drug-likeness (QED) is 0.398. The Labute approximate surface area is 176 Å². The summed E-state index contributed by atoms with van der Waals surface area (Å²) in [6.07, 6.45) is 1.77. The van der Waals surface area contributed by atoms with Crippen molar-refractivity contribution in [1.29, 1.82) is 0 Å². The van der Waals surface area contributed by atoms with E-state index in [0.717, 1.165) is 21.3 Å². The molecule has 0 saturated carbocycles. The van der Waals surface area contributed by atoms with Crippen LogP contribution < -0.4 is 4.90 Å². The number of carbonyl (C=O) groups is 1. The monoisotopic (exact) mass is 415 g/mol. The zero-order valence-electron chi connectivity index (χ0n) is 15.1. The third-order valence-electron chi connectivity index (χ3n) is 4.54. The highest BCUT2D eigenvalue weighted by Crippen LogP contribution is 2.34. The van der Waals surface area contributed by atoms with Crippen LogP contribution in [0.3, 0.4) is 0 Å². The molecular formula is C23H14ClN3OS. The van der Waals surface area contributed by atoms with E-state index in [1.54, 1.807) is 23.1 Å². The lowest BCUT2D eigenvalue weighted by atomic mass is 10.2. The van der Waals surface area contributed by atoms with Crippen molar-refractivity contribution in [2.75, 3.05) is 4.90 Å². The first-order chi connectivity index (χ1) is 14.2. The van der Waals surface area contributed by atoms with E-state index in [-0.39, 0.29) is 5.91 Å². The number of fused-ring (bicyclic) bond motifs is 1. The maximum absolute atomic E-state index is 13.3. The van der Waals surface area contributed by atoms with Crippen molar-refractivity contribution < 1.29 is 4.79 Å². The second-order valence-corrected chi connectivity index (χ2v) is 7.93. The fourth-order valence-electron chi connectivity index (χ4n) is 3.15. The average molecular weight is 416 g/mol. The summed E-state index contributed by atoms with van der Waals surface area (Å²) in [5.41, 5.74) is 2.95. The predicted octanol–water partition coefficient (Wildman–Crippen LogP) is 5.78. The molecule has 3 aromatic carbocycles. The van der Waals surface area contributed by atoms with Gasteiger partial charge in [0.05, 0.1) is 10.2 Å². The molecular weight excluding hydrogens is 402 g/mol. The highest BCUT2D eigenvalue weighted by atomic mass is 35.5. The molecule has 0 aliphatic carbocycles. The summed E-state index contributed by atoms with van der Waals surface area (Å²) in [6.45, 7) is 0. The SMILES string of the molecule is O=C1/C(=C/c2ccc(Cl)cc2)N=C(c2ccccc2)N1c1nc2ccccc2s1. The Hall–Kier alpha value is -3.28. The Morgan fingerprint density at radius 1 is 0.897 bits per heavy atom. The van der Waals surface area contributed by atoms with E-state index < -0.39 is 0 Å². The van der Waals surface area contributed by atoms with Crippen LogP contribution in [0.15, 0.2) is 89.6 Å². The highest BCUT2D eigenvalue weighted by molar-refractivity contribution is 7.22. The van der Waals surface area contributed by atoms with Gasteiger partial charge in [0, 0.05) is 10.6 Å². The molecule has 1 aliphatic rings. The van der Waals surface area contributed by atoms with Gasteiger partial charge in [-0.15, -0.1) is 0 Å². The van der Waals surface area contributed by atoms with Crippen LogP contribution in [0.4, 0.5) is 5.13 Å². The number of nitrogens with zero attached hydrogens (tertiary/aromatic N) is 3. The molecule has 0 spiro atoms. The molecule has 2 heterocycles. The number of anilines is 1. The molecule has 0 bridgehead atoms. The smallest absolute Gasteiger partial charge is 0.266 e. The van der Waals surface area contributed by atoms with Crippen LogP contribution in [0, 0.1) is 0 Å². The molecule has 0 radical (unpaired) electrons. The molecule has 1 amide bonds. The molecule has 0 atom stereocenters. The van der Waals surface area contributed by atoms with E-state index >= 15 is 0 Å². The first-order valence-electron chi connectivity index (χ1n) is 9.00. The van der Waals surface area contributed by atoms with Crippen molar-refractivity contribution in [3.8, 4) is 0 Å². The molecule has 1 aliphatic heterocycles. The third kappa shape index (κ3) is 3.35. The van der Waals surface area contributed by atoms with Gasteiger partial charge in [-0.1, -0.05) is 77.5 Å². The van der Waals surface area contributed by atoms with E-state index in [2.05, 4.69) is 9.98 Å². The Bertz CT molecular complexity index is 1240. The fraction of sp³-hybridized carbons (Fsp3) is 0. The lowest BCUT2D eigenvalue weighted by molar-refractivity contribution is -0.113. The Morgan fingerprint density at radius 3 is 2.38 bits per heavy atom. The number of hydrogen-bond acceptors (Lipinski definition) is 4. The third-order valence-corrected chi connectivity index (χ3v) is 5.81. The van der Waals surface area contributed by atoms with Crippen molar-refractivity contribution in [2.45, 2.75) is 0 Å². The average Bonchev–Trinajstić information content (AvgIpc) is 3.31. The minimum absolute atomic E-state index is 0.196. The van der Waals surface area contributed by atoms with Gasteiger partial charge in [0.15, 0.2) is 5.13 Å². The normalized spacial score (nSPS) is 15.3. The molecule has 29 heavy (non-hydrogen) atoms. The Balaban J connectivity index is 1.63. The number of amides is 1. The molecule has 4 nitrogen and oxygen atoms in total. The van der Waals surface area contributed by atoms with Crippen molar-refractivity contribution in [3.63, 3.8) is 0 Å². The number of aromatic nitrogens is 1. The van der Waals surface area contributed by atoms with Gasteiger partial charge in [0.25, 0.3) is 5.91 Å². The predicted molar refractivity (Wildman–Crippen MR) is 120 cm³/mol. The second kappa shape index (κ2) is 7.28. The van der Waals surface area contributed by atoms with E-state index in [1.807, 2.05) is 66.7 Å². The van der Waals surface area contributed by atoms with Crippen molar-refractivity contribution in [2.24, 2.45) is 4.99 Å². The van der Waals surface area contributed by atoms with Crippen LogP contribution in [0.2, 0.25) is 5.02 Å². The molecule has 0 unspecified atom stereocenters. The Morgan fingerprint density at radius 2 is 1.62 bits per heavy atom. The van der Waals surface area contributed by atoms with Gasteiger partial charge in [-0.2, -0.15) is 0 Å². The highest BCUT2D eigenvalue weighted by Gasteiger charge is 2.34. The van der Waals surface area contributed by atoms with Crippen LogP contribution >= 0.6 is 22.9 Å². The van der Waals surface area contributed by atoms with Crippen molar-refractivity contribution in [3.05, 3.63) is 101 Å². The summed E-state index contributed by atoms with van der Waals surface area (Å²) in [5.74, 6) is 0.382. The number of hydrogen-bond donors (Lipinski definition) is 0. The first kappa shape index (κ1) is 17.8. The van der Waals surface area contributed by atoms with Crippen molar-refractivity contribution in [1.82, 2.24) is 4.98 Å². The number of rotatable bonds is 3. The topological polar surface area (TPSA) is 45.6 Å². The molecule has 5 rings (SSSR count). The number of thiazole rings is 1. The number of amidine groups is 1. The van der Waals surface area contributed by atoms with E-state index in [1.165, 1.54) is 11.3 Å². The number of benzene rings is 3. The van der Waals surface area contributed by atoms with Crippen LogP contribution in [-0.4, -0.2) is 16.7 Å². The van der Waals surface area contributed by atoms with Gasteiger partial charge < -0.3 is 0 Å². The van der Waals surface area contributed by atoms with Crippen LogP contribution in [0.25, 0.3) is 16.3 Å². The maximum Gasteiger partial charge on any atom is 0.284 e. The number of carbonyl (C=O) groups excluding carboxylic acids is 1. The van der Waals surface area contributed by atoms with Gasteiger partial charge in [0.1, 0.15) is 11.5 Å². The molecule has 0 saturated heterocycles. The van der Waals surface area contributed by atoms with Gasteiger partial charge >= 0.3 is 0 Å². The van der Waals surface area contributed by atoms with Crippen LogP contribution in [0.5, 0.6) is 0 Å². The molecule has 0 N–H and O–H groups in total. The lowest BCUT2D eigenvalue weighted by Gasteiger charge is -2.14. The van der Waals surface area contributed by atoms with Gasteiger partial charge in [-0.05, 0) is 35.9 Å². The van der Waals surface area contributed by atoms with Crippen molar-refractivity contribution >= 4 is 56.1 Å². The van der Waals surface area contributed by atoms with E-state index in [9.17, 15) is 4.79 Å². The zero-order chi connectivity index (χ0) is 19.8. The molecule has 4 aromatic rings. The minimum atomic E-state index is -0.196. The summed E-state index contributed by atoms with van der Waals surface area (Å²) in [4.78, 5) is 24.3. The van der Waals surface area contributed by atoms with Crippen LogP contribution in [0.1, 0.15) is 11.1 Å². The standard InChI is InChI=1S/C23H14ClN3OS/c24-17-12-10-15(11-13-17)14-19-22(28)27(21(25-19)16-6-2-1-3-7-16)23-26-18-8-4-5-9-20(18)29-23/h1-14H/b19-14-. The van der Waals surface area contributed by atoms with Gasteiger partial charge in [-0.25, -0.2) is 14.9 Å². The van der Waals surface area contributed by atoms with E-state index in [4.69, 9.17) is 11.6 Å². The summed E-state index contributed by atoms with van der Waals surface area (Å²) in [6, 6.07) is 24.8.